The molecular formula is C18H42N4. The summed E-state index contributed by atoms with van der Waals surface area (Å²) in [6, 6.07) is 0. The third-order valence-electron chi connectivity index (χ3n) is 3.94. The number of hydrogen-bond donors (Lipinski definition) is 0. The molecule has 4 nitrogen and oxygen atoms in total. The Labute approximate surface area is 140 Å². The van der Waals surface area contributed by atoms with Crippen LogP contribution >= 0.6 is 0 Å². The van der Waals surface area contributed by atoms with Crippen molar-refractivity contribution >= 4 is 0 Å². The van der Waals surface area contributed by atoms with Crippen molar-refractivity contribution in [1.29, 1.82) is 0 Å². The molecule has 0 bridgehead atoms. The van der Waals surface area contributed by atoms with Crippen molar-refractivity contribution in [2.45, 2.75) is 27.7 Å². The first kappa shape index (κ1) is 21.8. The maximum absolute atomic E-state index is 2.45. The fraction of sp³-hybridized carbons (Fsp3) is 1.00. The van der Waals surface area contributed by atoms with E-state index in [-0.39, 0.29) is 0 Å². The van der Waals surface area contributed by atoms with Crippen LogP contribution in [0, 0.1) is 11.8 Å². The molecule has 0 aliphatic carbocycles. The highest BCUT2D eigenvalue weighted by Crippen LogP contribution is 1.97. The highest BCUT2D eigenvalue weighted by Gasteiger charge is 2.07. The largest absolute Gasteiger partial charge is 0.305 e. The maximum atomic E-state index is 2.45. The van der Waals surface area contributed by atoms with Crippen molar-refractivity contribution in [3.63, 3.8) is 0 Å². The molecule has 4 heteroatoms. The number of rotatable bonds is 13. The van der Waals surface area contributed by atoms with Gasteiger partial charge in [0.05, 0.1) is 0 Å². The zero-order valence-corrected chi connectivity index (χ0v) is 16.6. The van der Waals surface area contributed by atoms with Gasteiger partial charge in [-0.3, -0.25) is 0 Å². The zero-order valence-electron chi connectivity index (χ0n) is 16.6. The zero-order chi connectivity index (χ0) is 17.1. The molecule has 0 unspecified atom stereocenters. The Hall–Kier alpha value is -0.160. The lowest BCUT2D eigenvalue weighted by Gasteiger charge is -2.26. The third kappa shape index (κ3) is 13.5. The molecule has 0 saturated carbocycles. The third-order valence-corrected chi connectivity index (χ3v) is 3.94. The average molecular weight is 315 g/mol. The summed E-state index contributed by atoms with van der Waals surface area (Å²) in [4.78, 5) is 9.77. The van der Waals surface area contributed by atoms with E-state index >= 15 is 0 Å². The summed E-state index contributed by atoms with van der Waals surface area (Å²) in [5.74, 6) is 1.51. The summed E-state index contributed by atoms with van der Waals surface area (Å²) in [5, 5.41) is 0. The van der Waals surface area contributed by atoms with Gasteiger partial charge < -0.3 is 19.6 Å². The van der Waals surface area contributed by atoms with Crippen LogP contribution in [0.5, 0.6) is 0 Å². The lowest BCUT2D eigenvalue weighted by molar-refractivity contribution is 0.201. The Bertz CT molecular complexity index is 229. The van der Waals surface area contributed by atoms with E-state index in [4.69, 9.17) is 0 Å². The summed E-state index contributed by atoms with van der Waals surface area (Å²) in [5.41, 5.74) is 0. The van der Waals surface area contributed by atoms with E-state index < -0.39 is 0 Å². The van der Waals surface area contributed by atoms with Crippen molar-refractivity contribution in [2.24, 2.45) is 11.8 Å². The molecule has 0 radical (unpaired) electrons. The van der Waals surface area contributed by atoms with E-state index in [1.807, 2.05) is 0 Å². The minimum atomic E-state index is 0.754. The minimum Gasteiger partial charge on any atom is -0.305 e. The van der Waals surface area contributed by atoms with Gasteiger partial charge in [0.2, 0.25) is 0 Å². The molecule has 134 valence electrons. The Balaban J connectivity index is 3.70. The molecule has 0 aliphatic rings. The number of hydrogen-bond acceptors (Lipinski definition) is 4. The van der Waals surface area contributed by atoms with E-state index in [9.17, 15) is 0 Å². The van der Waals surface area contributed by atoms with Gasteiger partial charge in [0.15, 0.2) is 0 Å². The van der Waals surface area contributed by atoms with Crippen LogP contribution < -0.4 is 0 Å². The summed E-state index contributed by atoms with van der Waals surface area (Å²) in [6.07, 6.45) is 0. The summed E-state index contributed by atoms with van der Waals surface area (Å²) < 4.78 is 0. The van der Waals surface area contributed by atoms with Gasteiger partial charge in [0, 0.05) is 52.4 Å². The van der Waals surface area contributed by atoms with Crippen molar-refractivity contribution < 1.29 is 0 Å². The van der Waals surface area contributed by atoms with Gasteiger partial charge in [0.25, 0.3) is 0 Å². The first-order valence-corrected chi connectivity index (χ1v) is 8.94. The second kappa shape index (κ2) is 12.3. The monoisotopic (exact) mass is 314 g/mol. The Kier molecular flexibility index (Phi) is 12.2. The topological polar surface area (TPSA) is 13.0 Å². The van der Waals surface area contributed by atoms with Crippen LogP contribution in [-0.2, 0) is 0 Å². The standard InChI is InChI=1S/C18H42N4/c1-17(2)15-21(7)13-11-19(5)9-10-20(6)12-14-22(8)16-18(3)4/h17-18H,9-16H2,1-8H3. The van der Waals surface area contributed by atoms with Crippen LogP contribution in [0.25, 0.3) is 0 Å². The van der Waals surface area contributed by atoms with Gasteiger partial charge >= 0.3 is 0 Å². The van der Waals surface area contributed by atoms with Crippen LogP contribution in [0.1, 0.15) is 27.7 Å². The number of nitrogens with zero attached hydrogens (tertiary/aromatic N) is 4. The molecule has 22 heavy (non-hydrogen) atoms. The van der Waals surface area contributed by atoms with Crippen LogP contribution in [-0.4, -0.2) is 100 Å². The smallest absolute Gasteiger partial charge is 0.0107 e. The Morgan fingerprint density at radius 1 is 0.455 bits per heavy atom. The maximum Gasteiger partial charge on any atom is 0.0107 e. The molecular weight excluding hydrogens is 272 g/mol. The van der Waals surface area contributed by atoms with Crippen molar-refractivity contribution in [3.8, 4) is 0 Å². The highest BCUT2D eigenvalue weighted by molar-refractivity contribution is 4.63. The van der Waals surface area contributed by atoms with E-state index in [0.29, 0.717) is 0 Å². The first-order valence-electron chi connectivity index (χ1n) is 8.94. The van der Waals surface area contributed by atoms with Crippen LogP contribution in [0.3, 0.4) is 0 Å². The van der Waals surface area contributed by atoms with Gasteiger partial charge in [-0.1, -0.05) is 27.7 Å². The predicted octanol–water partition coefficient (Wildman–Crippen LogP) is 2.03. The molecule has 0 rings (SSSR count). The minimum absolute atomic E-state index is 0.754. The van der Waals surface area contributed by atoms with Gasteiger partial charge in [-0.05, 0) is 40.0 Å². The van der Waals surface area contributed by atoms with Crippen LogP contribution in [0.2, 0.25) is 0 Å². The van der Waals surface area contributed by atoms with E-state index in [1.165, 1.54) is 13.1 Å². The normalized spacial score (nSPS) is 12.8. The average Bonchev–Trinajstić information content (AvgIpc) is 2.39. The summed E-state index contributed by atoms with van der Waals surface area (Å²) in [7, 11) is 8.93. The SMILES string of the molecule is CC(C)CN(C)CCN(C)CCN(C)CCN(C)CC(C)C. The molecule has 0 aromatic carbocycles. The summed E-state index contributed by atoms with van der Waals surface area (Å²) >= 11 is 0. The second-order valence-electron chi connectivity index (χ2n) is 7.92. The molecule has 0 fully saturated rings. The molecule has 0 N–H and O–H groups in total. The quantitative estimate of drug-likeness (QED) is 0.516. The second-order valence-corrected chi connectivity index (χ2v) is 7.92. The fourth-order valence-electron chi connectivity index (χ4n) is 2.68. The molecule has 0 spiro atoms. The van der Waals surface area contributed by atoms with E-state index in [0.717, 1.165) is 51.1 Å². The fourth-order valence-corrected chi connectivity index (χ4v) is 2.68. The van der Waals surface area contributed by atoms with Gasteiger partial charge in [-0.2, -0.15) is 0 Å². The molecule has 0 aromatic rings. The Morgan fingerprint density at radius 2 is 0.682 bits per heavy atom. The molecule has 0 atom stereocenters. The predicted molar refractivity (Wildman–Crippen MR) is 99.7 cm³/mol. The van der Waals surface area contributed by atoms with Gasteiger partial charge in [-0.25, -0.2) is 0 Å². The molecule has 0 heterocycles. The lowest BCUT2D eigenvalue weighted by Crippen LogP contribution is -2.38. The van der Waals surface area contributed by atoms with Crippen LogP contribution in [0.15, 0.2) is 0 Å². The highest BCUT2D eigenvalue weighted by atomic mass is 15.2. The number of likely N-dealkylation sites (N-methyl/N-ethyl adjacent to an activating group) is 4. The summed E-state index contributed by atoms with van der Waals surface area (Å²) in [6.45, 7) is 18.5. The first-order chi connectivity index (χ1) is 10.2. The molecule has 0 amide bonds. The molecule has 0 aliphatic heterocycles. The van der Waals surface area contributed by atoms with Crippen LogP contribution in [0.4, 0.5) is 0 Å². The van der Waals surface area contributed by atoms with E-state index in [2.05, 4.69) is 75.5 Å². The van der Waals surface area contributed by atoms with Crippen molar-refractivity contribution in [1.82, 2.24) is 19.6 Å². The molecule has 0 aromatic heterocycles. The Morgan fingerprint density at radius 3 is 0.909 bits per heavy atom. The van der Waals surface area contributed by atoms with Crippen molar-refractivity contribution in [2.75, 3.05) is 80.5 Å². The van der Waals surface area contributed by atoms with Crippen molar-refractivity contribution in [3.05, 3.63) is 0 Å². The van der Waals surface area contributed by atoms with Gasteiger partial charge in [-0.15, -0.1) is 0 Å². The van der Waals surface area contributed by atoms with E-state index in [1.54, 1.807) is 0 Å². The lowest BCUT2D eigenvalue weighted by atomic mass is 10.2. The molecule has 0 saturated heterocycles. The van der Waals surface area contributed by atoms with Gasteiger partial charge in [0.1, 0.15) is 0 Å².